The molecule has 4 heterocycles. The van der Waals surface area contributed by atoms with Crippen molar-refractivity contribution >= 4 is 40.8 Å². The van der Waals surface area contributed by atoms with Gasteiger partial charge >= 0.3 is 6.03 Å². The van der Waals surface area contributed by atoms with Crippen LogP contribution in [0.2, 0.25) is 0 Å². The molecule has 7 nitrogen and oxygen atoms in total. The Hall–Kier alpha value is -2.87. The number of hydrogen-bond donors (Lipinski definition) is 2. The van der Waals surface area contributed by atoms with Crippen LogP contribution in [-0.2, 0) is 0 Å². The molecule has 138 valence electrons. The number of hydrogen-bond acceptors (Lipinski definition) is 5. The van der Waals surface area contributed by atoms with E-state index in [-0.39, 0.29) is 29.7 Å². The number of allylic oxidation sites excluding steroid dienone is 2. The van der Waals surface area contributed by atoms with Crippen molar-refractivity contribution < 1.29 is 4.79 Å². The normalized spacial score (nSPS) is 25.8. The maximum atomic E-state index is 12.6. The maximum absolute atomic E-state index is 12.6. The molecule has 0 aliphatic carbocycles. The lowest BCUT2D eigenvalue weighted by Crippen LogP contribution is -2.35. The Balaban J connectivity index is 1.47. The summed E-state index contributed by atoms with van der Waals surface area (Å²) in [5.74, 6) is 0.429. The number of amides is 2. The Labute approximate surface area is 161 Å². The first kappa shape index (κ1) is 17.5. The second-order valence-electron chi connectivity index (χ2n) is 6.64. The third kappa shape index (κ3) is 3.80. The molecule has 2 atom stereocenters. The molecule has 0 radical (unpaired) electrons. The molecule has 0 bridgehead atoms. The first-order valence-corrected chi connectivity index (χ1v) is 9.66. The minimum Gasteiger partial charge on any atom is -0.370 e. The number of dihydropyridines is 1. The third-order valence-electron chi connectivity index (χ3n) is 4.71. The van der Waals surface area contributed by atoms with Gasteiger partial charge in [0.1, 0.15) is 6.17 Å². The van der Waals surface area contributed by atoms with Crippen LogP contribution in [0.4, 0.5) is 4.79 Å². The summed E-state index contributed by atoms with van der Waals surface area (Å²) in [5, 5.41) is 11.3. The molecule has 0 saturated carbocycles. The monoisotopic (exact) mass is 380 g/mol. The Morgan fingerprint density at radius 1 is 1.41 bits per heavy atom. The quantitative estimate of drug-likeness (QED) is 0.825. The predicted octanol–water partition coefficient (Wildman–Crippen LogP) is 2.79. The number of likely N-dealkylation sites (tertiary alicyclic amines) is 1. The summed E-state index contributed by atoms with van der Waals surface area (Å²) in [6, 6.07) is 3.68. The molecule has 1 fully saturated rings. The van der Waals surface area contributed by atoms with Crippen molar-refractivity contribution in [1.82, 2.24) is 10.2 Å². The molecule has 3 aliphatic heterocycles. The van der Waals surface area contributed by atoms with Crippen molar-refractivity contribution in [3.8, 4) is 0 Å². The van der Waals surface area contributed by atoms with E-state index in [2.05, 4.69) is 20.3 Å². The maximum Gasteiger partial charge on any atom is 0.345 e. The number of urea groups is 1. The Morgan fingerprint density at radius 3 is 3.04 bits per heavy atom. The lowest BCUT2D eigenvalue weighted by Gasteiger charge is -2.21. The van der Waals surface area contributed by atoms with Crippen molar-refractivity contribution in [1.29, 1.82) is 5.41 Å². The van der Waals surface area contributed by atoms with E-state index in [4.69, 9.17) is 5.41 Å². The fraction of sp³-hybridized carbons (Fsp3) is 0.316. The number of rotatable bonds is 2. The highest BCUT2D eigenvalue weighted by atomic mass is 32.1. The third-order valence-corrected chi connectivity index (χ3v) is 5.73. The van der Waals surface area contributed by atoms with E-state index in [1.54, 1.807) is 34.6 Å². The van der Waals surface area contributed by atoms with Crippen LogP contribution in [0.3, 0.4) is 0 Å². The van der Waals surface area contributed by atoms with Gasteiger partial charge < -0.3 is 10.2 Å². The number of thiophene rings is 1. The van der Waals surface area contributed by atoms with Crippen LogP contribution in [0.5, 0.6) is 0 Å². The number of amidine groups is 1. The average Bonchev–Trinajstić information content (AvgIpc) is 3.34. The van der Waals surface area contributed by atoms with E-state index in [1.807, 2.05) is 31.3 Å². The highest BCUT2D eigenvalue weighted by molar-refractivity contribution is 7.14. The number of nitrogens with zero attached hydrogens (tertiary/aromatic N) is 4. The summed E-state index contributed by atoms with van der Waals surface area (Å²) in [5.41, 5.74) is 0.891. The summed E-state index contributed by atoms with van der Waals surface area (Å²) >= 11 is 1.63. The van der Waals surface area contributed by atoms with E-state index in [9.17, 15) is 4.79 Å². The van der Waals surface area contributed by atoms with Crippen molar-refractivity contribution in [2.75, 3.05) is 13.1 Å². The molecule has 27 heavy (non-hydrogen) atoms. The highest BCUT2D eigenvalue weighted by Gasteiger charge is 2.32. The average molecular weight is 380 g/mol. The summed E-state index contributed by atoms with van der Waals surface area (Å²) in [6.45, 7) is 3.27. The van der Waals surface area contributed by atoms with Gasteiger partial charge in [-0.25, -0.2) is 9.79 Å². The summed E-state index contributed by atoms with van der Waals surface area (Å²) in [6.07, 6.45) is 9.83. The van der Waals surface area contributed by atoms with Gasteiger partial charge in [-0.3, -0.25) is 10.4 Å². The van der Waals surface area contributed by atoms with Gasteiger partial charge in [0.25, 0.3) is 0 Å². The van der Waals surface area contributed by atoms with E-state index < -0.39 is 0 Å². The Kier molecular flexibility index (Phi) is 4.81. The molecular weight excluding hydrogens is 360 g/mol. The topological polar surface area (TPSA) is 93.3 Å². The molecule has 0 aromatic carbocycles. The van der Waals surface area contributed by atoms with Crippen LogP contribution in [0.1, 0.15) is 16.2 Å². The molecule has 2 amide bonds. The SMILES string of the molecule is Cc1ccc(C2=N/C(=N\C(=O)N3CCC(C4N=CC=CN4)C3)C(=N)C=C2)s1. The van der Waals surface area contributed by atoms with Gasteiger partial charge in [0.05, 0.1) is 16.3 Å². The van der Waals surface area contributed by atoms with E-state index in [1.165, 1.54) is 4.88 Å². The van der Waals surface area contributed by atoms with Gasteiger partial charge in [0, 0.05) is 30.1 Å². The standard InChI is InChI=1S/C19H20N6OS/c1-12-3-6-16(27-12)15-5-4-14(20)18(23-15)24-19(26)25-10-7-13(11-25)17-21-8-2-9-22-17/h2-6,8-9,13,17,20-21H,7,10-11H2,1H3/b20-14?,24-18-. The van der Waals surface area contributed by atoms with Crippen molar-refractivity contribution in [2.24, 2.45) is 20.9 Å². The van der Waals surface area contributed by atoms with Crippen LogP contribution in [0, 0.1) is 18.3 Å². The summed E-state index contributed by atoms with van der Waals surface area (Å²) in [4.78, 5) is 29.5. The number of aliphatic imine (C=N–C) groups is 3. The molecule has 1 aromatic rings. The van der Waals surface area contributed by atoms with Crippen LogP contribution in [-0.4, -0.2) is 53.7 Å². The predicted molar refractivity (Wildman–Crippen MR) is 110 cm³/mol. The van der Waals surface area contributed by atoms with Gasteiger partial charge in [-0.1, -0.05) is 0 Å². The van der Waals surface area contributed by atoms with Gasteiger partial charge in [0.2, 0.25) is 0 Å². The van der Waals surface area contributed by atoms with Crippen molar-refractivity contribution in [3.63, 3.8) is 0 Å². The molecule has 0 spiro atoms. The van der Waals surface area contributed by atoms with Crippen LogP contribution < -0.4 is 5.32 Å². The van der Waals surface area contributed by atoms with Crippen molar-refractivity contribution in [2.45, 2.75) is 19.5 Å². The fourth-order valence-electron chi connectivity index (χ4n) is 3.26. The fourth-order valence-corrected chi connectivity index (χ4v) is 4.10. The molecular formula is C19H20N6OS. The lowest BCUT2D eigenvalue weighted by atomic mass is 10.1. The number of carbonyl (C=O) groups is 1. The van der Waals surface area contributed by atoms with E-state index in [0.29, 0.717) is 13.1 Å². The Morgan fingerprint density at radius 2 is 2.30 bits per heavy atom. The molecule has 4 rings (SSSR count). The number of nitrogens with one attached hydrogen (secondary N) is 2. The zero-order valence-electron chi connectivity index (χ0n) is 14.9. The minimum absolute atomic E-state index is 0.00283. The molecule has 2 unspecified atom stereocenters. The Bertz CT molecular complexity index is 922. The molecule has 1 saturated heterocycles. The first-order valence-electron chi connectivity index (χ1n) is 8.84. The zero-order valence-corrected chi connectivity index (χ0v) is 15.7. The smallest absolute Gasteiger partial charge is 0.345 e. The molecule has 3 aliphatic rings. The van der Waals surface area contributed by atoms with Crippen LogP contribution in [0.15, 0.2) is 51.5 Å². The highest BCUT2D eigenvalue weighted by Crippen LogP contribution is 2.22. The van der Waals surface area contributed by atoms with Crippen molar-refractivity contribution in [3.05, 3.63) is 46.3 Å². The van der Waals surface area contributed by atoms with Crippen LogP contribution in [0.25, 0.3) is 0 Å². The number of aryl methyl sites for hydroxylation is 1. The lowest BCUT2D eigenvalue weighted by molar-refractivity contribution is 0.216. The second-order valence-corrected chi connectivity index (χ2v) is 7.92. The second kappa shape index (κ2) is 7.40. The van der Waals surface area contributed by atoms with Crippen LogP contribution >= 0.6 is 11.3 Å². The van der Waals surface area contributed by atoms with Gasteiger partial charge in [-0.15, -0.1) is 11.3 Å². The minimum atomic E-state index is -0.339. The zero-order chi connectivity index (χ0) is 18.8. The summed E-state index contributed by atoms with van der Waals surface area (Å²) < 4.78 is 0. The van der Waals surface area contributed by atoms with E-state index >= 15 is 0 Å². The largest absolute Gasteiger partial charge is 0.370 e. The molecule has 2 N–H and O–H groups in total. The van der Waals surface area contributed by atoms with Gasteiger partial charge in [-0.2, -0.15) is 4.99 Å². The molecule has 1 aromatic heterocycles. The summed E-state index contributed by atoms with van der Waals surface area (Å²) in [7, 11) is 0. The first-order chi connectivity index (χ1) is 13.1. The van der Waals surface area contributed by atoms with E-state index in [0.717, 1.165) is 17.0 Å². The number of carbonyl (C=O) groups excluding carboxylic acids is 1. The van der Waals surface area contributed by atoms with Gasteiger partial charge in [0.15, 0.2) is 5.84 Å². The molecule has 8 heteroatoms. The van der Waals surface area contributed by atoms with Gasteiger partial charge in [-0.05, 0) is 49.9 Å².